The highest BCUT2D eigenvalue weighted by Gasteiger charge is 1.98. The predicted molar refractivity (Wildman–Crippen MR) is 56.5 cm³/mol. The average molecular weight is 195 g/mol. The van der Waals surface area contributed by atoms with E-state index in [0.717, 1.165) is 12.3 Å². The molecule has 1 aromatic rings. The summed E-state index contributed by atoms with van der Waals surface area (Å²) in [4.78, 5) is 4.23. The van der Waals surface area contributed by atoms with Gasteiger partial charge in [0.1, 0.15) is 5.82 Å². The highest BCUT2D eigenvalue weighted by Crippen LogP contribution is 2.05. The molecule has 0 aliphatic rings. The van der Waals surface area contributed by atoms with Crippen molar-refractivity contribution in [3.05, 3.63) is 23.9 Å². The van der Waals surface area contributed by atoms with Crippen LogP contribution < -0.4 is 11.3 Å². The van der Waals surface area contributed by atoms with Crippen LogP contribution in [0.15, 0.2) is 18.2 Å². The van der Waals surface area contributed by atoms with Crippen LogP contribution in [0, 0.1) is 5.92 Å². The summed E-state index contributed by atoms with van der Waals surface area (Å²) in [7, 11) is 0. The molecule has 1 rings (SSSR count). The lowest BCUT2D eigenvalue weighted by Crippen LogP contribution is -2.10. The van der Waals surface area contributed by atoms with Crippen LogP contribution in [0.1, 0.15) is 19.5 Å². The average Bonchev–Trinajstić information content (AvgIpc) is 2.18. The van der Waals surface area contributed by atoms with Crippen LogP contribution in [-0.2, 0) is 11.3 Å². The second-order valence-corrected chi connectivity index (χ2v) is 3.57. The zero-order chi connectivity index (χ0) is 10.4. The minimum Gasteiger partial charge on any atom is -0.375 e. The van der Waals surface area contributed by atoms with E-state index in [2.05, 4.69) is 24.3 Å². The van der Waals surface area contributed by atoms with Crippen molar-refractivity contribution in [2.75, 3.05) is 12.0 Å². The Morgan fingerprint density at radius 2 is 2.29 bits per heavy atom. The third kappa shape index (κ3) is 3.72. The Morgan fingerprint density at radius 1 is 1.50 bits per heavy atom. The number of hydrogen-bond acceptors (Lipinski definition) is 4. The first-order valence-electron chi connectivity index (χ1n) is 4.72. The zero-order valence-electron chi connectivity index (χ0n) is 8.66. The monoisotopic (exact) mass is 195 g/mol. The molecular weight excluding hydrogens is 178 g/mol. The molecule has 0 saturated carbocycles. The standard InChI is InChI=1S/C10H17N3O/c1-8(2)6-14-7-9-4-3-5-10(12-9)13-11/h3-5,8H,6-7,11H2,1-2H3,(H,12,13). The van der Waals surface area contributed by atoms with Crippen LogP contribution in [0.25, 0.3) is 0 Å². The van der Waals surface area contributed by atoms with Crippen LogP contribution in [0.2, 0.25) is 0 Å². The summed E-state index contributed by atoms with van der Waals surface area (Å²) in [5, 5.41) is 0. The molecular formula is C10H17N3O. The molecule has 0 atom stereocenters. The molecule has 0 radical (unpaired) electrons. The zero-order valence-corrected chi connectivity index (χ0v) is 8.66. The maximum atomic E-state index is 5.45. The first-order chi connectivity index (χ1) is 6.72. The summed E-state index contributed by atoms with van der Waals surface area (Å²) in [5.41, 5.74) is 3.39. The van der Waals surface area contributed by atoms with Crippen molar-refractivity contribution in [3.8, 4) is 0 Å². The molecule has 0 saturated heterocycles. The fraction of sp³-hybridized carbons (Fsp3) is 0.500. The van der Waals surface area contributed by atoms with Gasteiger partial charge in [-0.1, -0.05) is 19.9 Å². The molecule has 1 aromatic heterocycles. The van der Waals surface area contributed by atoms with Gasteiger partial charge in [-0.25, -0.2) is 10.8 Å². The molecule has 14 heavy (non-hydrogen) atoms. The number of nitrogens with zero attached hydrogens (tertiary/aromatic N) is 1. The van der Waals surface area contributed by atoms with Crippen molar-refractivity contribution in [1.29, 1.82) is 0 Å². The van der Waals surface area contributed by atoms with E-state index in [1.165, 1.54) is 0 Å². The number of rotatable bonds is 5. The van der Waals surface area contributed by atoms with E-state index in [4.69, 9.17) is 10.6 Å². The number of hydrazine groups is 1. The van der Waals surface area contributed by atoms with Gasteiger partial charge in [-0.2, -0.15) is 0 Å². The van der Waals surface area contributed by atoms with Crippen molar-refractivity contribution in [3.63, 3.8) is 0 Å². The molecule has 0 fully saturated rings. The van der Waals surface area contributed by atoms with Crippen molar-refractivity contribution in [2.24, 2.45) is 11.8 Å². The second kappa shape index (κ2) is 5.57. The third-order valence-corrected chi connectivity index (χ3v) is 1.66. The number of nitrogen functional groups attached to an aromatic ring is 1. The lowest BCUT2D eigenvalue weighted by molar-refractivity contribution is 0.0949. The minimum atomic E-state index is 0.535. The van der Waals surface area contributed by atoms with E-state index in [1.807, 2.05) is 18.2 Å². The van der Waals surface area contributed by atoms with E-state index in [9.17, 15) is 0 Å². The molecule has 4 nitrogen and oxygen atoms in total. The Balaban J connectivity index is 2.42. The van der Waals surface area contributed by atoms with Crippen LogP contribution in [0.3, 0.4) is 0 Å². The Bertz CT molecular complexity index is 276. The Kier molecular flexibility index (Phi) is 4.35. The van der Waals surface area contributed by atoms with Gasteiger partial charge in [0.15, 0.2) is 0 Å². The third-order valence-electron chi connectivity index (χ3n) is 1.66. The summed E-state index contributed by atoms with van der Waals surface area (Å²) in [5.74, 6) is 6.45. The quantitative estimate of drug-likeness (QED) is 0.552. The van der Waals surface area contributed by atoms with Gasteiger partial charge in [0.05, 0.1) is 12.3 Å². The molecule has 0 amide bonds. The molecule has 0 aromatic carbocycles. The van der Waals surface area contributed by atoms with Crippen LogP contribution in [0.4, 0.5) is 5.82 Å². The predicted octanol–water partition coefficient (Wildman–Crippen LogP) is 1.54. The van der Waals surface area contributed by atoms with E-state index in [1.54, 1.807) is 0 Å². The topological polar surface area (TPSA) is 60.2 Å². The number of pyridine rings is 1. The van der Waals surface area contributed by atoms with Gasteiger partial charge < -0.3 is 10.2 Å². The van der Waals surface area contributed by atoms with E-state index >= 15 is 0 Å². The first-order valence-corrected chi connectivity index (χ1v) is 4.72. The van der Waals surface area contributed by atoms with Crippen LogP contribution in [-0.4, -0.2) is 11.6 Å². The van der Waals surface area contributed by atoms with Crippen molar-refractivity contribution in [1.82, 2.24) is 4.98 Å². The highest BCUT2D eigenvalue weighted by molar-refractivity contribution is 5.33. The van der Waals surface area contributed by atoms with Crippen molar-refractivity contribution in [2.45, 2.75) is 20.5 Å². The number of nitrogens with one attached hydrogen (secondary N) is 1. The summed E-state index contributed by atoms with van der Waals surface area (Å²) in [6.45, 7) is 5.52. The largest absolute Gasteiger partial charge is 0.375 e. The molecule has 0 unspecified atom stereocenters. The van der Waals surface area contributed by atoms with Gasteiger partial charge in [-0.05, 0) is 18.1 Å². The Hall–Kier alpha value is -1.13. The maximum absolute atomic E-state index is 5.45. The molecule has 3 N–H and O–H groups in total. The number of nitrogens with two attached hydrogens (primary N) is 1. The summed E-state index contributed by atoms with van der Waals surface area (Å²) >= 11 is 0. The first kappa shape index (κ1) is 10.9. The highest BCUT2D eigenvalue weighted by atomic mass is 16.5. The fourth-order valence-corrected chi connectivity index (χ4v) is 1.04. The van der Waals surface area contributed by atoms with Crippen LogP contribution in [0.5, 0.6) is 0 Å². The van der Waals surface area contributed by atoms with Gasteiger partial charge in [0.2, 0.25) is 0 Å². The molecule has 4 heteroatoms. The van der Waals surface area contributed by atoms with Gasteiger partial charge in [-0.3, -0.25) is 0 Å². The second-order valence-electron chi connectivity index (χ2n) is 3.57. The minimum absolute atomic E-state index is 0.535. The summed E-state index contributed by atoms with van der Waals surface area (Å²) in [6.07, 6.45) is 0. The molecule has 0 bridgehead atoms. The van der Waals surface area contributed by atoms with E-state index in [0.29, 0.717) is 18.3 Å². The summed E-state index contributed by atoms with van der Waals surface area (Å²) in [6, 6.07) is 5.63. The number of ether oxygens (including phenoxy) is 1. The lowest BCUT2D eigenvalue weighted by Gasteiger charge is -2.07. The lowest BCUT2D eigenvalue weighted by atomic mass is 10.2. The Labute approximate surface area is 84.4 Å². The molecule has 0 spiro atoms. The Morgan fingerprint density at radius 3 is 2.93 bits per heavy atom. The number of aromatic nitrogens is 1. The molecule has 78 valence electrons. The van der Waals surface area contributed by atoms with E-state index < -0.39 is 0 Å². The van der Waals surface area contributed by atoms with Crippen molar-refractivity contribution >= 4 is 5.82 Å². The summed E-state index contributed by atoms with van der Waals surface area (Å²) < 4.78 is 5.45. The number of anilines is 1. The molecule has 0 aliphatic heterocycles. The maximum Gasteiger partial charge on any atom is 0.140 e. The van der Waals surface area contributed by atoms with Gasteiger partial charge >= 0.3 is 0 Å². The van der Waals surface area contributed by atoms with Gasteiger partial charge in [-0.15, -0.1) is 0 Å². The van der Waals surface area contributed by atoms with Crippen molar-refractivity contribution < 1.29 is 4.74 Å². The van der Waals surface area contributed by atoms with Gasteiger partial charge in [0, 0.05) is 6.61 Å². The van der Waals surface area contributed by atoms with Gasteiger partial charge in [0.25, 0.3) is 0 Å². The van der Waals surface area contributed by atoms with Crippen LogP contribution >= 0.6 is 0 Å². The smallest absolute Gasteiger partial charge is 0.140 e. The van der Waals surface area contributed by atoms with E-state index in [-0.39, 0.29) is 0 Å². The number of hydrogen-bond donors (Lipinski definition) is 2. The SMILES string of the molecule is CC(C)COCc1cccc(NN)n1. The molecule has 1 heterocycles. The fourth-order valence-electron chi connectivity index (χ4n) is 1.04. The normalized spacial score (nSPS) is 10.6. The molecule has 0 aliphatic carbocycles.